The van der Waals surface area contributed by atoms with Gasteiger partial charge in [-0.2, -0.15) is 0 Å². The van der Waals surface area contributed by atoms with E-state index in [4.69, 9.17) is 16.3 Å². The van der Waals surface area contributed by atoms with Crippen molar-refractivity contribution in [3.63, 3.8) is 0 Å². The molecule has 1 aromatic heterocycles. The van der Waals surface area contributed by atoms with Gasteiger partial charge in [0.25, 0.3) is 5.91 Å². The first-order valence-electron chi connectivity index (χ1n) is 5.04. The number of ether oxygens (including phenoxy) is 1. The summed E-state index contributed by atoms with van der Waals surface area (Å²) in [7, 11) is 1.63. The average Bonchev–Trinajstić information content (AvgIpc) is 2.26. The van der Waals surface area contributed by atoms with Gasteiger partial charge in [0.2, 0.25) is 0 Å². The largest absolute Gasteiger partial charge is 0.385 e. The maximum absolute atomic E-state index is 11.8. The molecule has 1 atom stereocenters. The Hall–Kier alpha value is -1.13. The minimum atomic E-state index is -0.184. The normalized spacial score (nSPS) is 12.2. The summed E-state index contributed by atoms with van der Waals surface area (Å²) >= 11 is 5.86. The highest BCUT2D eigenvalue weighted by Crippen LogP contribution is 2.13. The molecule has 16 heavy (non-hydrogen) atoms. The van der Waals surface area contributed by atoms with Gasteiger partial charge in [-0.3, -0.25) is 9.78 Å². The number of methoxy groups -OCH3 is 1. The highest BCUT2D eigenvalue weighted by atomic mass is 35.5. The van der Waals surface area contributed by atoms with E-state index in [0.717, 1.165) is 6.42 Å². The van der Waals surface area contributed by atoms with Crippen molar-refractivity contribution in [1.82, 2.24) is 10.3 Å². The number of nitrogens with one attached hydrogen (secondary N) is 1. The number of carbonyl (C=O) groups excluding carboxylic acids is 1. The molecule has 0 saturated heterocycles. The third-order valence-corrected chi connectivity index (χ3v) is 2.45. The van der Waals surface area contributed by atoms with E-state index < -0.39 is 0 Å². The molecule has 4 nitrogen and oxygen atoms in total. The van der Waals surface area contributed by atoms with Crippen molar-refractivity contribution in [2.45, 2.75) is 19.4 Å². The Morgan fingerprint density at radius 3 is 3.06 bits per heavy atom. The molecule has 1 N–H and O–H groups in total. The van der Waals surface area contributed by atoms with Crippen LogP contribution >= 0.6 is 11.6 Å². The van der Waals surface area contributed by atoms with Crippen LogP contribution in [0.2, 0.25) is 5.02 Å². The number of pyridine rings is 1. The Morgan fingerprint density at radius 2 is 2.44 bits per heavy atom. The highest BCUT2D eigenvalue weighted by molar-refractivity contribution is 6.33. The standard InChI is InChI=1S/C11H15ClN2O2/c1-8(4-6-16-2)14-11(15)9-3-5-13-7-10(9)12/h3,5,7-8H,4,6H2,1-2H3,(H,14,15). The summed E-state index contributed by atoms with van der Waals surface area (Å²) in [4.78, 5) is 15.6. The quantitative estimate of drug-likeness (QED) is 0.858. The summed E-state index contributed by atoms with van der Waals surface area (Å²) in [6.07, 6.45) is 3.77. The summed E-state index contributed by atoms with van der Waals surface area (Å²) in [5.74, 6) is -0.184. The fraction of sp³-hybridized carbons (Fsp3) is 0.455. The van der Waals surface area contributed by atoms with Crippen LogP contribution in [0.1, 0.15) is 23.7 Å². The molecule has 0 aliphatic rings. The lowest BCUT2D eigenvalue weighted by Crippen LogP contribution is -2.33. The Kier molecular flexibility index (Phi) is 5.22. The molecule has 5 heteroatoms. The molecule has 0 aromatic carbocycles. The fourth-order valence-electron chi connectivity index (χ4n) is 1.23. The summed E-state index contributed by atoms with van der Waals surface area (Å²) in [6, 6.07) is 1.65. The van der Waals surface area contributed by atoms with Gasteiger partial charge in [-0.15, -0.1) is 0 Å². The lowest BCUT2D eigenvalue weighted by Gasteiger charge is -2.13. The first-order chi connectivity index (χ1) is 7.65. The predicted molar refractivity (Wildman–Crippen MR) is 62.7 cm³/mol. The van der Waals surface area contributed by atoms with Crippen molar-refractivity contribution in [3.8, 4) is 0 Å². The molecule has 1 amide bonds. The highest BCUT2D eigenvalue weighted by Gasteiger charge is 2.12. The van der Waals surface area contributed by atoms with Crippen LogP contribution in [0, 0.1) is 0 Å². The molecule has 1 unspecified atom stereocenters. The summed E-state index contributed by atoms with van der Waals surface area (Å²) < 4.78 is 4.94. The third kappa shape index (κ3) is 3.79. The monoisotopic (exact) mass is 242 g/mol. The van der Waals surface area contributed by atoms with Gasteiger partial charge in [-0.25, -0.2) is 0 Å². The van der Waals surface area contributed by atoms with Gasteiger partial charge >= 0.3 is 0 Å². The zero-order chi connectivity index (χ0) is 12.0. The number of hydrogen-bond donors (Lipinski definition) is 1. The maximum atomic E-state index is 11.8. The smallest absolute Gasteiger partial charge is 0.253 e. The SMILES string of the molecule is COCCC(C)NC(=O)c1ccncc1Cl. The molecule has 1 rings (SSSR count). The number of carbonyl (C=O) groups is 1. The number of hydrogen-bond acceptors (Lipinski definition) is 3. The summed E-state index contributed by atoms with van der Waals surface area (Å²) in [5.41, 5.74) is 0.445. The first-order valence-corrected chi connectivity index (χ1v) is 5.42. The topological polar surface area (TPSA) is 51.2 Å². The minimum Gasteiger partial charge on any atom is -0.385 e. The van der Waals surface area contributed by atoms with Crippen molar-refractivity contribution < 1.29 is 9.53 Å². The fourth-order valence-corrected chi connectivity index (χ4v) is 1.43. The Bertz CT molecular complexity index is 358. The number of halogens is 1. The van der Waals surface area contributed by atoms with Crippen molar-refractivity contribution in [2.75, 3.05) is 13.7 Å². The van der Waals surface area contributed by atoms with Gasteiger partial charge in [-0.05, 0) is 19.4 Å². The van der Waals surface area contributed by atoms with E-state index in [1.807, 2.05) is 6.92 Å². The molecule has 0 spiro atoms. The van der Waals surface area contributed by atoms with Crippen molar-refractivity contribution in [3.05, 3.63) is 29.0 Å². The van der Waals surface area contributed by atoms with Crippen LogP contribution in [0.25, 0.3) is 0 Å². The second kappa shape index (κ2) is 6.45. The summed E-state index contributed by atoms with van der Waals surface area (Å²) in [5, 5.41) is 3.20. The third-order valence-electron chi connectivity index (χ3n) is 2.15. The molecule has 0 radical (unpaired) electrons. The Balaban J connectivity index is 2.56. The molecule has 1 heterocycles. The van der Waals surface area contributed by atoms with Crippen LogP contribution in [0.4, 0.5) is 0 Å². The lowest BCUT2D eigenvalue weighted by molar-refractivity contribution is 0.0929. The van der Waals surface area contributed by atoms with Crippen LogP contribution in [-0.4, -0.2) is 30.6 Å². The van der Waals surface area contributed by atoms with E-state index in [1.54, 1.807) is 19.4 Å². The summed E-state index contributed by atoms with van der Waals surface area (Å²) in [6.45, 7) is 2.54. The van der Waals surface area contributed by atoms with Crippen LogP contribution in [0.15, 0.2) is 18.5 Å². The molecule has 0 aliphatic carbocycles. The lowest BCUT2D eigenvalue weighted by atomic mass is 10.2. The molecule has 0 bridgehead atoms. The van der Waals surface area contributed by atoms with Crippen LogP contribution < -0.4 is 5.32 Å². The van der Waals surface area contributed by atoms with E-state index in [1.165, 1.54) is 6.20 Å². The molecular formula is C11H15ClN2O2. The number of amides is 1. The molecule has 0 fully saturated rings. The van der Waals surface area contributed by atoms with Gasteiger partial charge in [0.15, 0.2) is 0 Å². The van der Waals surface area contributed by atoms with E-state index >= 15 is 0 Å². The van der Waals surface area contributed by atoms with E-state index in [0.29, 0.717) is 17.2 Å². The van der Waals surface area contributed by atoms with Gasteiger partial charge in [-0.1, -0.05) is 11.6 Å². The van der Waals surface area contributed by atoms with Crippen molar-refractivity contribution in [2.24, 2.45) is 0 Å². The number of aromatic nitrogens is 1. The zero-order valence-corrected chi connectivity index (χ0v) is 10.1. The van der Waals surface area contributed by atoms with Gasteiger partial charge in [0.1, 0.15) is 0 Å². The van der Waals surface area contributed by atoms with Crippen LogP contribution in [0.5, 0.6) is 0 Å². The van der Waals surface area contributed by atoms with Crippen molar-refractivity contribution >= 4 is 17.5 Å². The number of nitrogens with zero attached hydrogens (tertiary/aromatic N) is 1. The van der Waals surface area contributed by atoms with Gasteiger partial charge < -0.3 is 10.1 Å². The van der Waals surface area contributed by atoms with E-state index in [2.05, 4.69) is 10.3 Å². The van der Waals surface area contributed by atoms with Gasteiger partial charge in [0.05, 0.1) is 10.6 Å². The second-order valence-corrected chi connectivity index (χ2v) is 3.92. The molecule has 0 saturated carbocycles. The second-order valence-electron chi connectivity index (χ2n) is 3.51. The molecule has 88 valence electrons. The van der Waals surface area contributed by atoms with E-state index in [-0.39, 0.29) is 11.9 Å². The molecule has 0 aliphatic heterocycles. The van der Waals surface area contributed by atoms with Gasteiger partial charge in [0, 0.05) is 32.2 Å². The number of rotatable bonds is 5. The average molecular weight is 243 g/mol. The molecular weight excluding hydrogens is 228 g/mol. The molecule has 1 aromatic rings. The first kappa shape index (κ1) is 12.9. The van der Waals surface area contributed by atoms with Crippen LogP contribution in [0.3, 0.4) is 0 Å². The van der Waals surface area contributed by atoms with Crippen LogP contribution in [-0.2, 0) is 4.74 Å². The zero-order valence-electron chi connectivity index (χ0n) is 9.37. The van der Waals surface area contributed by atoms with E-state index in [9.17, 15) is 4.79 Å². The Morgan fingerprint density at radius 1 is 1.69 bits per heavy atom. The predicted octanol–water partition coefficient (Wildman–Crippen LogP) is 1.89. The minimum absolute atomic E-state index is 0.0525. The Labute approximate surface area is 100.0 Å². The maximum Gasteiger partial charge on any atom is 0.253 e. The van der Waals surface area contributed by atoms with Crippen molar-refractivity contribution in [1.29, 1.82) is 0 Å².